The van der Waals surface area contributed by atoms with E-state index in [0.29, 0.717) is 11.7 Å². The second-order valence-electron chi connectivity index (χ2n) is 5.83. The van der Waals surface area contributed by atoms with Crippen molar-refractivity contribution < 1.29 is 4.39 Å². The Balaban J connectivity index is 1.42. The zero-order valence-corrected chi connectivity index (χ0v) is 12.6. The fraction of sp³-hybridized carbons (Fsp3) is 0.235. The second-order valence-corrected chi connectivity index (χ2v) is 5.83. The van der Waals surface area contributed by atoms with Crippen LogP contribution in [-0.4, -0.2) is 26.0 Å². The molecule has 5 nitrogen and oxygen atoms in total. The topological polar surface area (TPSA) is 55.6 Å². The van der Waals surface area contributed by atoms with Crippen molar-refractivity contribution in [1.29, 1.82) is 0 Å². The van der Waals surface area contributed by atoms with Gasteiger partial charge in [-0.15, -0.1) is 10.2 Å². The van der Waals surface area contributed by atoms with Gasteiger partial charge in [0.05, 0.1) is 5.69 Å². The summed E-state index contributed by atoms with van der Waals surface area (Å²) in [7, 11) is 0. The van der Waals surface area contributed by atoms with E-state index in [1.165, 1.54) is 6.07 Å². The summed E-state index contributed by atoms with van der Waals surface area (Å²) in [4.78, 5) is 0. The molecule has 0 amide bonds. The zero-order valence-electron chi connectivity index (χ0n) is 12.6. The highest BCUT2D eigenvalue weighted by Gasteiger charge is 2.38. The normalized spacial score (nSPS) is 19.6. The van der Waals surface area contributed by atoms with E-state index in [0.717, 1.165) is 23.5 Å². The van der Waals surface area contributed by atoms with E-state index in [1.54, 1.807) is 16.8 Å². The van der Waals surface area contributed by atoms with Gasteiger partial charge in [0, 0.05) is 18.2 Å². The van der Waals surface area contributed by atoms with Crippen LogP contribution in [-0.2, 0) is 0 Å². The minimum Gasteiger partial charge on any atom is -0.365 e. The lowest BCUT2D eigenvalue weighted by atomic mass is 10.1. The van der Waals surface area contributed by atoms with Crippen LogP contribution in [0.5, 0.6) is 0 Å². The van der Waals surface area contributed by atoms with Gasteiger partial charge in [-0.1, -0.05) is 12.1 Å². The molecule has 0 saturated heterocycles. The van der Waals surface area contributed by atoms with Gasteiger partial charge < -0.3 is 5.32 Å². The molecule has 1 fully saturated rings. The molecule has 1 saturated carbocycles. The number of hydrogen-bond acceptors (Lipinski definition) is 4. The Kier molecular flexibility index (Phi) is 3.29. The molecule has 0 bridgehead atoms. The number of nitrogens with zero attached hydrogens (tertiary/aromatic N) is 4. The third-order valence-electron chi connectivity index (χ3n) is 4.01. The molecule has 0 spiro atoms. The quantitative estimate of drug-likeness (QED) is 0.804. The summed E-state index contributed by atoms with van der Waals surface area (Å²) >= 11 is 0. The number of aromatic nitrogens is 4. The van der Waals surface area contributed by atoms with Crippen molar-refractivity contribution in [3.63, 3.8) is 0 Å². The van der Waals surface area contributed by atoms with Crippen molar-refractivity contribution in [3.05, 3.63) is 65.7 Å². The van der Waals surface area contributed by atoms with Gasteiger partial charge in [-0.05, 0) is 49.2 Å². The first-order chi connectivity index (χ1) is 11.2. The molecule has 0 radical (unpaired) electrons. The zero-order chi connectivity index (χ0) is 15.8. The summed E-state index contributed by atoms with van der Waals surface area (Å²) in [6, 6.07) is 12.7. The highest BCUT2D eigenvalue weighted by Crippen LogP contribution is 2.42. The standard InChI is InChI=1S/C17H16FN5/c1-11-7-8-23(22-11)17-6-5-16(20-21-17)19-15-10-14(15)12-3-2-4-13(18)9-12/h2-9,14-15H,10H2,1H3,(H,19,20)/t14-,15+/m0/s1. The molecule has 0 aliphatic heterocycles. The molecule has 0 unspecified atom stereocenters. The molecule has 1 aliphatic carbocycles. The summed E-state index contributed by atoms with van der Waals surface area (Å²) in [5.41, 5.74) is 1.96. The number of benzene rings is 1. The number of nitrogens with one attached hydrogen (secondary N) is 1. The molecule has 23 heavy (non-hydrogen) atoms. The molecule has 2 aromatic heterocycles. The summed E-state index contributed by atoms with van der Waals surface area (Å²) < 4.78 is 15.0. The van der Waals surface area contributed by atoms with Crippen LogP contribution in [0.3, 0.4) is 0 Å². The van der Waals surface area contributed by atoms with Crippen molar-refractivity contribution in [2.45, 2.75) is 25.3 Å². The molecule has 1 N–H and O–H groups in total. The van der Waals surface area contributed by atoms with Crippen molar-refractivity contribution >= 4 is 5.82 Å². The van der Waals surface area contributed by atoms with Crippen molar-refractivity contribution in [3.8, 4) is 5.82 Å². The molecule has 3 aromatic rings. The Labute approximate surface area is 133 Å². The molecule has 2 heterocycles. The lowest BCUT2D eigenvalue weighted by Crippen LogP contribution is -2.08. The fourth-order valence-corrected chi connectivity index (χ4v) is 2.72. The van der Waals surface area contributed by atoms with Gasteiger partial charge in [0.25, 0.3) is 0 Å². The lowest BCUT2D eigenvalue weighted by Gasteiger charge is -2.06. The average molecular weight is 309 g/mol. The highest BCUT2D eigenvalue weighted by molar-refractivity contribution is 5.42. The lowest BCUT2D eigenvalue weighted by molar-refractivity contribution is 0.625. The summed E-state index contributed by atoms with van der Waals surface area (Å²) in [6.45, 7) is 1.93. The highest BCUT2D eigenvalue weighted by atomic mass is 19.1. The Morgan fingerprint density at radius 1 is 1.17 bits per heavy atom. The summed E-state index contributed by atoms with van der Waals surface area (Å²) in [5, 5.41) is 16.0. The molecule has 2 atom stereocenters. The molecule has 4 rings (SSSR count). The van der Waals surface area contributed by atoms with E-state index in [1.807, 2.05) is 37.4 Å². The van der Waals surface area contributed by atoms with Crippen LogP contribution in [0.2, 0.25) is 0 Å². The van der Waals surface area contributed by atoms with Gasteiger partial charge in [-0.3, -0.25) is 0 Å². The first kappa shape index (κ1) is 13.9. The average Bonchev–Trinajstić information content (AvgIpc) is 3.18. The fourth-order valence-electron chi connectivity index (χ4n) is 2.72. The van der Waals surface area contributed by atoms with E-state index in [-0.39, 0.29) is 11.9 Å². The molecular formula is C17H16FN5. The monoisotopic (exact) mass is 309 g/mol. The Morgan fingerprint density at radius 2 is 2.09 bits per heavy atom. The second kappa shape index (κ2) is 5.46. The predicted octanol–water partition coefficient (Wildman–Crippen LogP) is 3.08. The van der Waals surface area contributed by atoms with Gasteiger partial charge in [0.15, 0.2) is 5.82 Å². The first-order valence-electron chi connectivity index (χ1n) is 7.57. The Hall–Kier alpha value is -2.76. The Morgan fingerprint density at radius 3 is 2.78 bits per heavy atom. The number of rotatable bonds is 4. The SMILES string of the molecule is Cc1ccn(-c2ccc(N[C@@H]3C[C@H]3c3cccc(F)c3)nn2)n1. The number of hydrogen-bond donors (Lipinski definition) is 1. The van der Waals surface area contributed by atoms with Gasteiger partial charge in [-0.25, -0.2) is 9.07 Å². The molecular weight excluding hydrogens is 293 g/mol. The predicted molar refractivity (Wildman–Crippen MR) is 85.1 cm³/mol. The third kappa shape index (κ3) is 2.92. The summed E-state index contributed by atoms with van der Waals surface area (Å²) in [6.07, 6.45) is 2.83. The van der Waals surface area contributed by atoms with Crippen LogP contribution in [0.15, 0.2) is 48.7 Å². The summed E-state index contributed by atoms with van der Waals surface area (Å²) in [5.74, 6) is 1.55. The van der Waals surface area contributed by atoms with Crippen LogP contribution in [0.25, 0.3) is 5.82 Å². The van der Waals surface area contributed by atoms with E-state index in [2.05, 4.69) is 20.6 Å². The maximum Gasteiger partial charge on any atom is 0.175 e. The minimum atomic E-state index is -0.188. The number of halogens is 1. The maximum absolute atomic E-state index is 13.3. The third-order valence-corrected chi connectivity index (χ3v) is 4.01. The molecule has 6 heteroatoms. The minimum absolute atomic E-state index is 0.188. The smallest absolute Gasteiger partial charge is 0.175 e. The molecule has 1 aromatic carbocycles. The van der Waals surface area contributed by atoms with Gasteiger partial charge >= 0.3 is 0 Å². The van der Waals surface area contributed by atoms with Crippen LogP contribution in [0.1, 0.15) is 23.6 Å². The van der Waals surface area contributed by atoms with Crippen LogP contribution in [0, 0.1) is 12.7 Å². The van der Waals surface area contributed by atoms with E-state index in [9.17, 15) is 4.39 Å². The van der Waals surface area contributed by atoms with Crippen molar-refractivity contribution in [1.82, 2.24) is 20.0 Å². The van der Waals surface area contributed by atoms with Gasteiger partial charge in [0.1, 0.15) is 11.6 Å². The van der Waals surface area contributed by atoms with E-state index >= 15 is 0 Å². The number of aryl methyl sites for hydroxylation is 1. The number of anilines is 1. The van der Waals surface area contributed by atoms with Crippen LogP contribution < -0.4 is 5.32 Å². The van der Waals surface area contributed by atoms with E-state index < -0.39 is 0 Å². The van der Waals surface area contributed by atoms with Crippen molar-refractivity contribution in [2.75, 3.05) is 5.32 Å². The van der Waals surface area contributed by atoms with Crippen molar-refractivity contribution in [2.24, 2.45) is 0 Å². The molecule has 1 aliphatic rings. The van der Waals surface area contributed by atoms with Crippen LogP contribution >= 0.6 is 0 Å². The largest absolute Gasteiger partial charge is 0.365 e. The van der Waals surface area contributed by atoms with Crippen LogP contribution in [0.4, 0.5) is 10.2 Å². The van der Waals surface area contributed by atoms with Gasteiger partial charge in [0.2, 0.25) is 0 Å². The molecule has 116 valence electrons. The Bertz CT molecular complexity index is 827. The van der Waals surface area contributed by atoms with Gasteiger partial charge in [-0.2, -0.15) is 5.10 Å². The first-order valence-corrected chi connectivity index (χ1v) is 7.57. The maximum atomic E-state index is 13.3. The van der Waals surface area contributed by atoms with E-state index in [4.69, 9.17) is 0 Å².